The van der Waals surface area contributed by atoms with Crippen LogP contribution < -0.4 is 20.5 Å². The molecule has 6 nitrogen and oxygen atoms in total. The van der Waals surface area contributed by atoms with E-state index in [1.807, 2.05) is 12.1 Å². The molecule has 1 aliphatic heterocycles. The highest BCUT2D eigenvalue weighted by Gasteiger charge is 2.24. The predicted octanol–water partition coefficient (Wildman–Crippen LogP) is 1.98. The highest BCUT2D eigenvalue weighted by atomic mass is 16.5. The summed E-state index contributed by atoms with van der Waals surface area (Å²) in [5.41, 5.74) is 1.26. The number of hydrogen-bond acceptors (Lipinski definition) is 5. The van der Waals surface area contributed by atoms with E-state index in [1.165, 1.54) is 5.56 Å². The first-order valence-corrected chi connectivity index (χ1v) is 9.22. The third-order valence-electron chi connectivity index (χ3n) is 4.94. The highest BCUT2D eigenvalue weighted by molar-refractivity contribution is 5.36. The SMILES string of the molecule is COc1ccc(C[C@H](C)N[C@@H]2CCCN(c3nccn(C)c3=O)C2)cc1. The van der Waals surface area contributed by atoms with Crippen molar-refractivity contribution in [2.24, 2.45) is 7.05 Å². The van der Waals surface area contributed by atoms with E-state index in [0.717, 1.165) is 38.1 Å². The number of nitrogens with zero attached hydrogens (tertiary/aromatic N) is 3. The number of aromatic nitrogens is 2. The molecular formula is C20H28N4O2. The molecule has 1 saturated heterocycles. The quantitative estimate of drug-likeness (QED) is 0.858. The highest BCUT2D eigenvalue weighted by Crippen LogP contribution is 2.16. The lowest BCUT2D eigenvalue weighted by Gasteiger charge is -2.35. The lowest BCUT2D eigenvalue weighted by molar-refractivity contribution is 0.380. The van der Waals surface area contributed by atoms with Gasteiger partial charge in [-0.25, -0.2) is 4.98 Å². The summed E-state index contributed by atoms with van der Waals surface area (Å²) in [5.74, 6) is 1.44. The van der Waals surface area contributed by atoms with Gasteiger partial charge in [0.05, 0.1) is 7.11 Å². The Morgan fingerprint density at radius 3 is 2.85 bits per heavy atom. The van der Waals surface area contributed by atoms with Crippen molar-refractivity contribution in [3.63, 3.8) is 0 Å². The topological polar surface area (TPSA) is 59.4 Å². The molecule has 1 N–H and O–H groups in total. The number of hydrogen-bond donors (Lipinski definition) is 1. The Kier molecular flexibility index (Phi) is 5.93. The maximum Gasteiger partial charge on any atom is 0.293 e. The lowest BCUT2D eigenvalue weighted by atomic mass is 10.0. The Hall–Kier alpha value is -2.34. The zero-order valence-electron chi connectivity index (χ0n) is 15.8. The molecule has 26 heavy (non-hydrogen) atoms. The summed E-state index contributed by atoms with van der Waals surface area (Å²) in [7, 11) is 3.45. The number of anilines is 1. The average molecular weight is 356 g/mol. The maximum atomic E-state index is 12.3. The van der Waals surface area contributed by atoms with Gasteiger partial charge in [-0.15, -0.1) is 0 Å². The van der Waals surface area contributed by atoms with Crippen molar-refractivity contribution in [3.8, 4) is 5.75 Å². The predicted molar refractivity (Wildman–Crippen MR) is 104 cm³/mol. The Bertz CT molecular complexity index is 772. The fourth-order valence-electron chi connectivity index (χ4n) is 3.58. The summed E-state index contributed by atoms with van der Waals surface area (Å²) in [4.78, 5) is 18.7. The summed E-state index contributed by atoms with van der Waals surface area (Å²) in [6.07, 6.45) is 6.54. The van der Waals surface area contributed by atoms with Crippen LogP contribution in [0, 0.1) is 0 Å². The van der Waals surface area contributed by atoms with Crippen LogP contribution in [0.5, 0.6) is 5.75 Å². The van der Waals surface area contributed by atoms with Crippen molar-refractivity contribution >= 4 is 5.82 Å². The molecule has 0 spiro atoms. The van der Waals surface area contributed by atoms with E-state index < -0.39 is 0 Å². The Morgan fingerprint density at radius 2 is 2.12 bits per heavy atom. The zero-order valence-corrected chi connectivity index (χ0v) is 15.8. The number of piperidine rings is 1. The van der Waals surface area contributed by atoms with Crippen LogP contribution in [0.15, 0.2) is 41.5 Å². The summed E-state index contributed by atoms with van der Waals surface area (Å²) in [6.45, 7) is 3.92. The molecular weight excluding hydrogens is 328 g/mol. The fraction of sp³-hybridized carbons (Fsp3) is 0.500. The van der Waals surface area contributed by atoms with E-state index in [-0.39, 0.29) is 5.56 Å². The Balaban J connectivity index is 1.59. The van der Waals surface area contributed by atoms with Gasteiger partial charge in [0.1, 0.15) is 5.75 Å². The lowest BCUT2D eigenvalue weighted by Crippen LogP contribution is -2.50. The molecule has 2 aromatic rings. The summed E-state index contributed by atoms with van der Waals surface area (Å²) >= 11 is 0. The molecule has 0 radical (unpaired) electrons. The molecule has 0 saturated carbocycles. The monoisotopic (exact) mass is 356 g/mol. The van der Waals surface area contributed by atoms with Crippen LogP contribution in [0.25, 0.3) is 0 Å². The van der Waals surface area contributed by atoms with E-state index in [9.17, 15) is 4.79 Å². The summed E-state index contributed by atoms with van der Waals surface area (Å²) < 4.78 is 6.80. The Labute approximate surface area is 154 Å². The molecule has 1 aliphatic rings. The molecule has 2 atom stereocenters. The second kappa shape index (κ2) is 8.36. The molecule has 0 bridgehead atoms. The van der Waals surface area contributed by atoms with Gasteiger partial charge in [0.15, 0.2) is 5.82 Å². The van der Waals surface area contributed by atoms with Crippen LogP contribution in [0.1, 0.15) is 25.3 Å². The van der Waals surface area contributed by atoms with Gasteiger partial charge >= 0.3 is 0 Å². The van der Waals surface area contributed by atoms with Gasteiger partial charge in [0, 0.05) is 44.6 Å². The number of nitrogens with one attached hydrogen (secondary N) is 1. The normalized spacial score (nSPS) is 18.6. The first-order chi connectivity index (χ1) is 12.6. The van der Waals surface area contributed by atoms with Gasteiger partial charge in [-0.1, -0.05) is 12.1 Å². The minimum absolute atomic E-state index is 0.0283. The largest absolute Gasteiger partial charge is 0.497 e. The van der Waals surface area contributed by atoms with Crippen LogP contribution in [0.3, 0.4) is 0 Å². The molecule has 1 fully saturated rings. The standard InChI is InChI=1S/C20H28N4O2/c1-15(13-16-6-8-18(26-3)9-7-16)22-17-5-4-11-24(14-17)19-20(25)23(2)12-10-21-19/h6-10,12,15,17,22H,4-5,11,13-14H2,1-3H3/t15-,17+/m0/s1. The number of rotatable bonds is 6. The second-order valence-electron chi connectivity index (χ2n) is 7.07. The molecule has 0 amide bonds. The molecule has 6 heteroatoms. The third-order valence-corrected chi connectivity index (χ3v) is 4.94. The van der Waals surface area contributed by atoms with Crippen molar-refractivity contribution in [3.05, 3.63) is 52.6 Å². The molecule has 3 rings (SSSR count). The van der Waals surface area contributed by atoms with E-state index in [0.29, 0.717) is 17.9 Å². The van der Waals surface area contributed by atoms with Gasteiger partial charge < -0.3 is 19.5 Å². The third kappa shape index (κ3) is 4.43. The molecule has 2 heterocycles. The van der Waals surface area contributed by atoms with E-state index in [2.05, 4.69) is 34.3 Å². The second-order valence-corrected chi connectivity index (χ2v) is 7.07. The maximum absolute atomic E-state index is 12.3. The molecule has 0 unspecified atom stereocenters. The van der Waals surface area contributed by atoms with Crippen molar-refractivity contribution < 1.29 is 4.74 Å². The van der Waals surface area contributed by atoms with Crippen LogP contribution in [0.4, 0.5) is 5.82 Å². The van der Waals surface area contributed by atoms with Crippen LogP contribution >= 0.6 is 0 Å². The van der Waals surface area contributed by atoms with Gasteiger partial charge in [0.2, 0.25) is 0 Å². The summed E-state index contributed by atoms with van der Waals surface area (Å²) in [5, 5.41) is 3.72. The molecule has 0 aliphatic carbocycles. The van der Waals surface area contributed by atoms with E-state index in [1.54, 1.807) is 31.1 Å². The number of methoxy groups -OCH3 is 1. The van der Waals surface area contributed by atoms with Crippen molar-refractivity contribution in [2.75, 3.05) is 25.1 Å². The van der Waals surface area contributed by atoms with Crippen molar-refractivity contribution in [2.45, 2.75) is 38.3 Å². The van der Waals surface area contributed by atoms with Crippen molar-refractivity contribution in [1.29, 1.82) is 0 Å². The number of benzene rings is 1. The minimum atomic E-state index is -0.0283. The zero-order chi connectivity index (χ0) is 18.5. The molecule has 1 aromatic carbocycles. The van der Waals surface area contributed by atoms with Crippen LogP contribution in [0.2, 0.25) is 0 Å². The van der Waals surface area contributed by atoms with Gasteiger partial charge in [-0.05, 0) is 43.9 Å². The first-order valence-electron chi connectivity index (χ1n) is 9.22. The van der Waals surface area contributed by atoms with Gasteiger partial charge in [-0.3, -0.25) is 4.79 Å². The van der Waals surface area contributed by atoms with Crippen LogP contribution in [-0.2, 0) is 13.5 Å². The minimum Gasteiger partial charge on any atom is -0.497 e. The van der Waals surface area contributed by atoms with Crippen LogP contribution in [-0.4, -0.2) is 41.8 Å². The number of aryl methyl sites for hydroxylation is 1. The summed E-state index contributed by atoms with van der Waals surface area (Å²) in [6, 6.07) is 8.95. The molecule has 1 aromatic heterocycles. The van der Waals surface area contributed by atoms with E-state index >= 15 is 0 Å². The Morgan fingerprint density at radius 1 is 1.35 bits per heavy atom. The first kappa shape index (κ1) is 18.5. The van der Waals surface area contributed by atoms with Crippen molar-refractivity contribution in [1.82, 2.24) is 14.9 Å². The van der Waals surface area contributed by atoms with E-state index in [4.69, 9.17) is 4.74 Å². The van der Waals surface area contributed by atoms with Gasteiger partial charge in [0.25, 0.3) is 5.56 Å². The average Bonchev–Trinajstić information content (AvgIpc) is 2.65. The van der Waals surface area contributed by atoms with Gasteiger partial charge in [-0.2, -0.15) is 0 Å². The molecule has 140 valence electrons. The fourth-order valence-corrected chi connectivity index (χ4v) is 3.58. The smallest absolute Gasteiger partial charge is 0.293 e. The number of ether oxygens (including phenoxy) is 1.